The average molecular weight is 411 g/mol. The van der Waals surface area contributed by atoms with Gasteiger partial charge in [-0.05, 0) is 52.3 Å². The van der Waals surface area contributed by atoms with E-state index in [0.29, 0.717) is 6.42 Å². The lowest BCUT2D eigenvalue weighted by Crippen LogP contribution is -2.39. The summed E-state index contributed by atoms with van der Waals surface area (Å²) >= 11 is 2.24. The van der Waals surface area contributed by atoms with Crippen molar-refractivity contribution in [2.75, 3.05) is 6.61 Å². The van der Waals surface area contributed by atoms with Crippen molar-refractivity contribution in [2.45, 2.75) is 19.1 Å². The predicted octanol–water partition coefficient (Wildman–Crippen LogP) is 3.12. The third-order valence-electron chi connectivity index (χ3n) is 3.15. The zero-order valence-electron chi connectivity index (χ0n) is 12.0. The van der Waals surface area contributed by atoms with E-state index in [4.69, 9.17) is 4.74 Å². The fourth-order valence-corrected chi connectivity index (χ4v) is 2.36. The average Bonchev–Trinajstić information content (AvgIpc) is 2.55. The summed E-state index contributed by atoms with van der Waals surface area (Å²) in [6, 6.07) is 17.1. The number of rotatable bonds is 6. The number of amides is 1. The topological polar surface area (TPSA) is 58.6 Å². The minimum Gasteiger partial charge on any atom is -0.445 e. The van der Waals surface area contributed by atoms with Crippen LogP contribution in [0.1, 0.15) is 11.1 Å². The first-order valence-electron chi connectivity index (χ1n) is 7.00. The van der Waals surface area contributed by atoms with Gasteiger partial charge in [0.1, 0.15) is 6.61 Å². The van der Waals surface area contributed by atoms with Crippen molar-refractivity contribution in [2.24, 2.45) is 0 Å². The molecule has 0 aliphatic rings. The molecule has 2 N–H and O–H groups in total. The number of halogens is 1. The Morgan fingerprint density at radius 1 is 1.09 bits per heavy atom. The number of hydrogen-bond acceptors (Lipinski definition) is 3. The SMILES string of the molecule is O=C(NC(CO)Cc1ccc(I)cc1)OCc1ccccc1. The third kappa shape index (κ3) is 5.65. The van der Waals surface area contributed by atoms with Gasteiger partial charge < -0.3 is 15.2 Å². The number of carbonyl (C=O) groups is 1. The Morgan fingerprint density at radius 2 is 1.77 bits per heavy atom. The number of alkyl carbamates (subject to hydrolysis) is 1. The van der Waals surface area contributed by atoms with Gasteiger partial charge in [0.15, 0.2) is 0 Å². The van der Waals surface area contributed by atoms with Gasteiger partial charge in [0.05, 0.1) is 12.6 Å². The Labute approximate surface area is 143 Å². The zero-order chi connectivity index (χ0) is 15.8. The largest absolute Gasteiger partial charge is 0.445 e. The maximum Gasteiger partial charge on any atom is 0.407 e. The number of aliphatic hydroxyl groups is 1. The monoisotopic (exact) mass is 411 g/mol. The number of aliphatic hydroxyl groups excluding tert-OH is 1. The van der Waals surface area contributed by atoms with E-state index in [2.05, 4.69) is 27.9 Å². The number of benzene rings is 2. The summed E-state index contributed by atoms with van der Waals surface area (Å²) in [6.45, 7) is 0.0841. The molecule has 0 aliphatic carbocycles. The first-order valence-corrected chi connectivity index (χ1v) is 8.08. The molecule has 0 heterocycles. The van der Waals surface area contributed by atoms with Gasteiger partial charge in [0.2, 0.25) is 0 Å². The second kappa shape index (κ2) is 8.75. The Balaban J connectivity index is 1.81. The lowest BCUT2D eigenvalue weighted by molar-refractivity contribution is 0.129. The van der Waals surface area contributed by atoms with Gasteiger partial charge in [-0.2, -0.15) is 0 Å². The molecule has 22 heavy (non-hydrogen) atoms. The van der Waals surface area contributed by atoms with Gasteiger partial charge in [-0.15, -0.1) is 0 Å². The van der Waals surface area contributed by atoms with Crippen LogP contribution in [-0.4, -0.2) is 23.8 Å². The molecular weight excluding hydrogens is 393 g/mol. The third-order valence-corrected chi connectivity index (χ3v) is 3.87. The molecular formula is C17H18INO3. The molecule has 1 amide bonds. The van der Waals surface area contributed by atoms with Crippen LogP contribution in [0.15, 0.2) is 54.6 Å². The zero-order valence-corrected chi connectivity index (χ0v) is 14.2. The standard InChI is InChI=1S/C17H18INO3/c18-15-8-6-13(7-9-15)10-16(11-20)19-17(21)22-12-14-4-2-1-3-5-14/h1-9,16,20H,10-12H2,(H,19,21). The predicted molar refractivity (Wildman–Crippen MR) is 93.5 cm³/mol. The Bertz CT molecular complexity index is 587. The molecule has 4 nitrogen and oxygen atoms in total. The summed E-state index contributed by atoms with van der Waals surface area (Å²) in [6.07, 6.45) is 0.0434. The summed E-state index contributed by atoms with van der Waals surface area (Å²) in [5, 5.41) is 12.1. The second-order valence-electron chi connectivity index (χ2n) is 4.92. The summed E-state index contributed by atoms with van der Waals surface area (Å²) < 4.78 is 6.30. The number of ether oxygens (including phenoxy) is 1. The van der Waals surface area contributed by atoms with Crippen molar-refractivity contribution >= 4 is 28.7 Å². The highest BCUT2D eigenvalue weighted by molar-refractivity contribution is 14.1. The van der Waals surface area contributed by atoms with Crippen LogP contribution in [0.25, 0.3) is 0 Å². The van der Waals surface area contributed by atoms with Crippen LogP contribution in [-0.2, 0) is 17.8 Å². The molecule has 2 aromatic carbocycles. The molecule has 0 spiro atoms. The van der Waals surface area contributed by atoms with Gasteiger partial charge in [-0.1, -0.05) is 42.5 Å². The van der Waals surface area contributed by atoms with E-state index in [-0.39, 0.29) is 19.3 Å². The quantitative estimate of drug-likeness (QED) is 0.719. The molecule has 0 fully saturated rings. The van der Waals surface area contributed by atoms with Gasteiger partial charge in [-0.25, -0.2) is 4.79 Å². The first kappa shape index (κ1) is 16.8. The maximum absolute atomic E-state index is 11.8. The van der Waals surface area contributed by atoms with Gasteiger partial charge in [-0.3, -0.25) is 0 Å². The van der Waals surface area contributed by atoms with Crippen molar-refractivity contribution < 1.29 is 14.6 Å². The Hall–Kier alpha value is -1.60. The smallest absolute Gasteiger partial charge is 0.407 e. The molecule has 2 aromatic rings. The van der Waals surface area contributed by atoms with Crippen LogP contribution >= 0.6 is 22.6 Å². The van der Waals surface area contributed by atoms with E-state index in [1.165, 1.54) is 0 Å². The molecule has 0 bridgehead atoms. The lowest BCUT2D eigenvalue weighted by atomic mass is 10.1. The molecule has 0 aromatic heterocycles. The van der Waals surface area contributed by atoms with Gasteiger partial charge in [0, 0.05) is 3.57 Å². The Morgan fingerprint density at radius 3 is 2.41 bits per heavy atom. The molecule has 116 valence electrons. The van der Waals surface area contributed by atoms with Crippen LogP contribution in [0.2, 0.25) is 0 Å². The molecule has 0 saturated heterocycles. The second-order valence-corrected chi connectivity index (χ2v) is 6.16. The van der Waals surface area contributed by atoms with Gasteiger partial charge in [0.25, 0.3) is 0 Å². The van der Waals surface area contributed by atoms with Crippen LogP contribution in [0.3, 0.4) is 0 Å². The first-order chi connectivity index (χ1) is 10.7. The minimum atomic E-state index is -0.520. The summed E-state index contributed by atoms with van der Waals surface area (Å²) in [5.41, 5.74) is 1.98. The molecule has 2 rings (SSSR count). The van der Waals surface area contributed by atoms with Gasteiger partial charge >= 0.3 is 6.09 Å². The van der Waals surface area contributed by atoms with Crippen LogP contribution in [0, 0.1) is 3.57 Å². The molecule has 1 unspecified atom stereocenters. The summed E-state index contributed by atoms with van der Waals surface area (Å²) in [7, 11) is 0. The van der Waals surface area contributed by atoms with Crippen molar-refractivity contribution in [3.63, 3.8) is 0 Å². The van der Waals surface area contributed by atoms with Crippen molar-refractivity contribution in [3.8, 4) is 0 Å². The number of hydrogen-bond donors (Lipinski definition) is 2. The van der Waals surface area contributed by atoms with E-state index in [1.54, 1.807) is 0 Å². The van der Waals surface area contributed by atoms with Crippen LogP contribution in [0.5, 0.6) is 0 Å². The van der Waals surface area contributed by atoms with E-state index >= 15 is 0 Å². The van der Waals surface area contributed by atoms with Crippen molar-refractivity contribution in [1.29, 1.82) is 0 Å². The lowest BCUT2D eigenvalue weighted by Gasteiger charge is -2.16. The van der Waals surface area contributed by atoms with E-state index < -0.39 is 6.09 Å². The summed E-state index contributed by atoms with van der Waals surface area (Å²) in [4.78, 5) is 11.8. The maximum atomic E-state index is 11.8. The fraction of sp³-hybridized carbons (Fsp3) is 0.235. The minimum absolute atomic E-state index is 0.133. The molecule has 0 saturated carbocycles. The van der Waals surface area contributed by atoms with Crippen molar-refractivity contribution in [1.82, 2.24) is 5.32 Å². The fourth-order valence-electron chi connectivity index (χ4n) is 2.00. The van der Waals surface area contributed by atoms with E-state index in [0.717, 1.165) is 14.7 Å². The normalized spacial score (nSPS) is 11.7. The molecule has 0 aliphatic heterocycles. The summed E-state index contributed by atoms with van der Waals surface area (Å²) in [5.74, 6) is 0. The van der Waals surface area contributed by atoms with E-state index in [1.807, 2.05) is 54.6 Å². The van der Waals surface area contributed by atoms with Crippen molar-refractivity contribution in [3.05, 3.63) is 69.3 Å². The highest BCUT2D eigenvalue weighted by atomic mass is 127. The Kier molecular flexibility index (Phi) is 6.67. The number of carbonyl (C=O) groups excluding carboxylic acids is 1. The number of nitrogens with one attached hydrogen (secondary N) is 1. The highest BCUT2D eigenvalue weighted by Crippen LogP contribution is 2.09. The van der Waals surface area contributed by atoms with Crippen LogP contribution in [0.4, 0.5) is 4.79 Å². The molecule has 0 radical (unpaired) electrons. The molecule has 1 atom stereocenters. The highest BCUT2D eigenvalue weighted by Gasteiger charge is 2.13. The molecule has 5 heteroatoms. The van der Waals surface area contributed by atoms with Crippen LogP contribution < -0.4 is 5.32 Å². The van der Waals surface area contributed by atoms with E-state index in [9.17, 15) is 9.90 Å².